The molecular formula is C6H10N4O. The van der Waals surface area contributed by atoms with Crippen LogP contribution >= 0.6 is 0 Å². The Morgan fingerprint density at radius 3 is 2.82 bits per heavy atom. The quantitative estimate of drug-likeness (QED) is 0.641. The lowest BCUT2D eigenvalue weighted by molar-refractivity contribution is 0.307. The first-order valence-electron chi connectivity index (χ1n) is 3.29. The molecule has 1 aromatic heterocycles. The molecule has 4 N–H and O–H groups in total. The second kappa shape index (κ2) is 3.05. The van der Waals surface area contributed by atoms with Crippen LogP contribution in [0.1, 0.15) is 19.0 Å². The highest BCUT2D eigenvalue weighted by Crippen LogP contribution is 2.11. The largest absolute Gasteiger partial charge is 0.397 e. The van der Waals surface area contributed by atoms with Gasteiger partial charge in [0.05, 0.1) is 5.70 Å². The average Bonchev–Trinajstić information content (AvgIpc) is 2.36. The number of nitrogen functional groups attached to an aromatic ring is 1. The molecule has 0 amide bonds. The smallest absolute Gasteiger partial charge is 0.197 e. The molecule has 0 aliphatic rings. The summed E-state index contributed by atoms with van der Waals surface area (Å²) in [4.78, 5) is 0. The van der Waals surface area contributed by atoms with E-state index in [1.807, 2.05) is 6.92 Å². The van der Waals surface area contributed by atoms with Crippen LogP contribution in [0.5, 0.6) is 0 Å². The maximum Gasteiger partial charge on any atom is 0.197 e. The summed E-state index contributed by atoms with van der Waals surface area (Å²) < 4.78 is 4.37. The van der Waals surface area contributed by atoms with Crippen molar-refractivity contribution in [2.24, 2.45) is 5.73 Å². The predicted octanol–water partition coefficient (Wildman–Crippen LogP) is 0.361. The van der Waals surface area contributed by atoms with Gasteiger partial charge in [0, 0.05) is 0 Å². The molecule has 11 heavy (non-hydrogen) atoms. The van der Waals surface area contributed by atoms with Crippen LogP contribution < -0.4 is 11.5 Å². The Balaban J connectivity index is 2.92. The Morgan fingerprint density at radius 2 is 2.36 bits per heavy atom. The summed E-state index contributed by atoms with van der Waals surface area (Å²) in [5, 5.41) is 6.92. The molecule has 1 aromatic rings. The molecule has 0 radical (unpaired) electrons. The Bertz CT molecular complexity index is 265. The van der Waals surface area contributed by atoms with Gasteiger partial charge in [0.15, 0.2) is 11.5 Å². The number of nitrogens with zero attached hydrogens (tertiary/aromatic N) is 2. The summed E-state index contributed by atoms with van der Waals surface area (Å²) in [6, 6.07) is 0. The minimum atomic E-state index is 0.229. The molecule has 0 saturated carbocycles. The van der Waals surface area contributed by atoms with Crippen LogP contribution in [0.25, 0.3) is 5.70 Å². The standard InChI is InChI=1S/C6H10N4O/c1-2-3-4(7)5-6(8)10-11-9-5/h3H,2,7H2,1H3,(H2,8,10)/b4-3-. The van der Waals surface area contributed by atoms with E-state index in [4.69, 9.17) is 11.5 Å². The highest BCUT2D eigenvalue weighted by molar-refractivity contribution is 5.66. The normalized spacial score (nSPS) is 11.9. The van der Waals surface area contributed by atoms with Gasteiger partial charge in [0.1, 0.15) is 0 Å². The lowest BCUT2D eigenvalue weighted by Gasteiger charge is -1.92. The average molecular weight is 154 g/mol. The van der Waals surface area contributed by atoms with E-state index in [1.54, 1.807) is 6.08 Å². The van der Waals surface area contributed by atoms with Crippen molar-refractivity contribution in [1.29, 1.82) is 0 Å². The van der Waals surface area contributed by atoms with Crippen molar-refractivity contribution in [3.05, 3.63) is 11.8 Å². The SMILES string of the molecule is CC/C=C(\N)c1nonc1N. The fraction of sp³-hybridized carbons (Fsp3) is 0.333. The summed E-state index contributed by atoms with van der Waals surface area (Å²) in [6.07, 6.45) is 2.63. The lowest BCUT2D eigenvalue weighted by atomic mass is 10.3. The molecule has 0 aromatic carbocycles. The molecule has 1 heterocycles. The summed E-state index contributed by atoms with van der Waals surface area (Å²) in [6.45, 7) is 1.97. The van der Waals surface area contributed by atoms with Gasteiger partial charge in [-0.1, -0.05) is 13.0 Å². The van der Waals surface area contributed by atoms with Gasteiger partial charge in [-0.25, -0.2) is 4.63 Å². The van der Waals surface area contributed by atoms with Gasteiger partial charge >= 0.3 is 0 Å². The van der Waals surface area contributed by atoms with Crippen molar-refractivity contribution in [2.45, 2.75) is 13.3 Å². The zero-order valence-electron chi connectivity index (χ0n) is 6.24. The number of rotatable bonds is 2. The summed E-state index contributed by atoms with van der Waals surface area (Å²) in [7, 11) is 0. The van der Waals surface area contributed by atoms with Crippen LogP contribution in [0.3, 0.4) is 0 Å². The van der Waals surface area contributed by atoms with E-state index in [9.17, 15) is 0 Å². The number of hydrogen-bond donors (Lipinski definition) is 2. The van der Waals surface area contributed by atoms with E-state index in [-0.39, 0.29) is 5.82 Å². The number of nitrogens with two attached hydrogens (primary N) is 2. The molecule has 0 atom stereocenters. The maximum atomic E-state index is 5.57. The van der Waals surface area contributed by atoms with Gasteiger partial charge in [-0.15, -0.1) is 0 Å². The van der Waals surface area contributed by atoms with Gasteiger partial charge in [0.2, 0.25) is 0 Å². The van der Waals surface area contributed by atoms with E-state index in [2.05, 4.69) is 14.9 Å². The highest BCUT2D eigenvalue weighted by Gasteiger charge is 2.07. The van der Waals surface area contributed by atoms with Crippen LogP contribution in [0.2, 0.25) is 0 Å². The van der Waals surface area contributed by atoms with Crippen LogP contribution in [-0.4, -0.2) is 10.3 Å². The van der Waals surface area contributed by atoms with Gasteiger partial charge in [-0.3, -0.25) is 0 Å². The molecular weight excluding hydrogens is 144 g/mol. The lowest BCUT2D eigenvalue weighted by Crippen LogP contribution is -2.00. The predicted molar refractivity (Wildman–Crippen MR) is 41.2 cm³/mol. The van der Waals surface area contributed by atoms with Gasteiger partial charge < -0.3 is 11.5 Å². The molecule has 60 valence electrons. The highest BCUT2D eigenvalue weighted by atomic mass is 16.6. The molecule has 0 aliphatic heterocycles. The summed E-state index contributed by atoms with van der Waals surface area (Å²) in [5.41, 5.74) is 11.9. The fourth-order valence-corrected chi connectivity index (χ4v) is 0.712. The zero-order valence-corrected chi connectivity index (χ0v) is 6.24. The van der Waals surface area contributed by atoms with E-state index >= 15 is 0 Å². The van der Waals surface area contributed by atoms with Crippen LogP contribution in [0, 0.1) is 0 Å². The van der Waals surface area contributed by atoms with Crippen molar-refractivity contribution in [3.63, 3.8) is 0 Å². The zero-order chi connectivity index (χ0) is 8.27. The summed E-state index contributed by atoms with van der Waals surface area (Å²) >= 11 is 0. The van der Waals surface area contributed by atoms with Gasteiger partial charge in [0.25, 0.3) is 0 Å². The topological polar surface area (TPSA) is 91.0 Å². The Morgan fingerprint density at radius 1 is 1.64 bits per heavy atom. The third-order valence-corrected chi connectivity index (χ3v) is 1.21. The first-order chi connectivity index (χ1) is 5.25. The Labute approximate surface area is 64.0 Å². The van der Waals surface area contributed by atoms with Crippen LogP contribution in [0.4, 0.5) is 5.82 Å². The van der Waals surface area contributed by atoms with E-state index in [1.165, 1.54) is 0 Å². The van der Waals surface area contributed by atoms with Crippen molar-refractivity contribution >= 4 is 11.5 Å². The minimum Gasteiger partial charge on any atom is -0.397 e. The molecule has 0 spiro atoms. The fourth-order valence-electron chi connectivity index (χ4n) is 0.712. The van der Waals surface area contributed by atoms with Crippen LogP contribution in [-0.2, 0) is 0 Å². The maximum absolute atomic E-state index is 5.57. The van der Waals surface area contributed by atoms with Gasteiger partial charge in [-0.05, 0) is 16.7 Å². The van der Waals surface area contributed by atoms with E-state index < -0.39 is 0 Å². The molecule has 0 saturated heterocycles. The number of hydrogen-bond acceptors (Lipinski definition) is 5. The second-order valence-corrected chi connectivity index (χ2v) is 2.07. The Kier molecular flexibility index (Phi) is 2.10. The van der Waals surface area contributed by atoms with Gasteiger partial charge in [-0.2, -0.15) is 0 Å². The molecule has 0 bridgehead atoms. The number of anilines is 1. The number of aromatic nitrogens is 2. The molecule has 5 heteroatoms. The molecule has 0 aliphatic carbocycles. The third kappa shape index (κ3) is 1.49. The van der Waals surface area contributed by atoms with Crippen molar-refractivity contribution < 1.29 is 4.63 Å². The molecule has 1 rings (SSSR count). The molecule has 0 fully saturated rings. The van der Waals surface area contributed by atoms with Crippen molar-refractivity contribution in [2.75, 3.05) is 5.73 Å². The van der Waals surface area contributed by atoms with E-state index in [0.717, 1.165) is 6.42 Å². The molecule has 0 unspecified atom stereocenters. The minimum absolute atomic E-state index is 0.229. The van der Waals surface area contributed by atoms with Crippen molar-refractivity contribution in [1.82, 2.24) is 10.3 Å². The molecule has 5 nitrogen and oxygen atoms in total. The van der Waals surface area contributed by atoms with E-state index in [0.29, 0.717) is 11.4 Å². The van der Waals surface area contributed by atoms with Crippen LogP contribution in [0.15, 0.2) is 10.7 Å². The monoisotopic (exact) mass is 154 g/mol. The first kappa shape index (κ1) is 7.59. The summed E-state index contributed by atoms with van der Waals surface area (Å²) in [5.74, 6) is 0.229. The first-order valence-corrected chi connectivity index (χ1v) is 3.29. The Hall–Kier alpha value is -1.52. The number of allylic oxidation sites excluding steroid dienone is 1. The second-order valence-electron chi connectivity index (χ2n) is 2.07. The third-order valence-electron chi connectivity index (χ3n) is 1.21. The van der Waals surface area contributed by atoms with Crippen molar-refractivity contribution in [3.8, 4) is 0 Å².